The van der Waals surface area contributed by atoms with Gasteiger partial charge in [0.15, 0.2) is 0 Å². The summed E-state index contributed by atoms with van der Waals surface area (Å²) in [7, 11) is 4.55. The summed E-state index contributed by atoms with van der Waals surface area (Å²) in [5.74, 6) is -0.0881. The first-order valence-electron chi connectivity index (χ1n) is 13.4. The van der Waals surface area contributed by atoms with Crippen molar-refractivity contribution in [3.8, 4) is 11.8 Å². The maximum absolute atomic E-state index is 11.7. The van der Waals surface area contributed by atoms with Gasteiger partial charge < -0.3 is 28.5 Å². The van der Waals surface area contributed by atoms with Gasteiger partial charge in [-0.25, -0.2) is 19.6 Å². The average Bonchev–Trinajstić information content (AvgIpc) is 3.64. The summed E-state index contributed by atoms with van der Waals surface area (Å²) in [5.41, 5.74) is 4.79. The van der Waals surface area contributed by atoms with Crippen molar-refractivity contribution in [3.05, 3.63) is 120 Å². The molecule has 4 aromatic heterocycles. The molecule has 10 heteroatoms. The number of hydrogen-bond donors (Lipinski definition) is 1. The molecule has 0 aliphatic rings. The van der Waals surface area contributed by atoms with Crippen LogP contribution in [-0.4, -0.2) is 57.5 Å². The number of aromatic carboxylic acids is 1. The number of aromatic nitrogens is 4. The van der Waals surface area contributed by atoms with Crippen LogP contribution in [0.15, 0.2) is 97.6 Å². The van der Waals surface area contributed by atoms with E-state index in [4.69, 9.17) is 19.3 Å². The zero-order valence-electron chi connectivity index (χ0n) is 23.9. The summed E-state index contributed by atoms with van der Waals surface area (Å²) in [5, 5.41) is 11.2. The maximum atomic E-state index is 11.7. The number of hydrogen-bond acceptors (Lipinski definition) is 7. The topological polar surface area (TPSA) is 118 Å². The lowest BCUT2D eigenvalue weighted by atomic mass is 10.1. The second-order valence-corrected chi connectivity index (χ2v) is 9.65. The van der Waals surface area contributed by atoms with Gasteiger partial charge in [-0.2, -0.15) is 0 Å². The number of rotatable bonds is 8. The molecule has 0 unspecified atom stereocenters. The van der Waals surface area contributed by atoms with E-state index in [2.05, 4.69) is 14.5 Å². The summed E-state index contributed by atoms with van der Waals surface area (Å²) in [6.07, 6.45) is 7.48. The molecule has 2 aromatic carbocycles. The average molecular weight is 579 g/mol. The molecule has 0 radical (unpaired) electrons. The van der Waals surface area contributed by atoms with Gasteiger partial charge in [0.25, 0.3) is 0 Å². The first-order chi connectivity index (χ1) is 20.9. The van der Waals surface area contributed by atoms with Crippen LogP contribution in [0.2, 0.25) is 0 Å². The van der Waals surface area contributed by atoms with E-state index < -0.39 is 5.97 Å². The van der Waals surface area contributed by atoms with E-state index in [9.17, 15) is 9.59 Å². The molecule has 0 saturated heterocycles. The second kappa shape index (κ2) is 12.9. The van der Waals surface area contributed by atoms with Crippen molar-refractivity contribution in [2.45, 2.75) is 13.1 Å². The second-order valence-electron chi connectivity index (χ2n) is 9.65. The third-order valence-corrected chi connectivity index (χ3v) is 6.94. The van der Waals surface area contributed by atoms with Crippen molar-refractivity contribution < 1.29 is 28.9 Å². The Bertz CT molecular complexity index is 1870. The van der Waals surface area contributed by atoms with Gasteiger partial charge in [0.05, 0.1) is 32.5 Å². The number of benzene rings is 2. The van der Waals surface area contributed by atoms with Gasteiger partial charge in [0, 0.05) is 61.0 Å². The fourth-order valence-corrected chi connectivity index (χ4v) is 4.67. The van der Waals surface area contributed by atoms with Gasteiger partial charge >= 0.3 is 11.9 Å². The number of fused-ring (bicyclic) bond motifs is 2. The minimum Gasteiger partial charge on any atom is -0.481 e. The number of carbonyl (C=O) groups excluding carboxylic acids is 1. The van der Waals surface area contributed by atoms with Gasteiger partial charge in [-0.15, -0.1) is 0 Å². The molecule has 0 spiro atoms. The van der Waals surface area contributed by atoms with Gasteiger partial charge in [-0.3, -0.25) is 0 Å². The zero-order valence-corrected chi connectivity index (χ0v) is 23.9. The van der Waals surface area contributed by atoms with Crippen molar-refractivity contribution in [1.82, 2.24) is 19.1 Å². The molecule has 0 bridgehead atoms. The van der Waals surface area contributed by atoms with Gasteiger partial charge in [-0.1, -0.05) is 24.3 Å². The predicted molar refractivity (Wildman–Crippen MR) is 162 cm³/mol. The Morgan fingerprint density at radius 1 is 0.674 bits per heavy atom. The van der Waals surface area contributed by atoms with Crippen LogP contribution in [-0.2, 0) is 17.8 Å². The summed E-state index contributed by atoms with van der Waals surface area (Å²) >= 11 is 0. The van der Waals surface area contributed by atoms with Crippen LogP contribution < -0.4 is 9.47 Å². The van der Waals surface area contributed by atoms with Crippen molar-refractivity contribution in [2.75, 3.05) is 21.3 Å². The number of nitrogens with zero attached hydrogens (tertiary/aromatic N) is 4. The highest BCUT2D eigenvalue weighted by molar-refractivity contribution is 5.95. The van der Waals surface area contributed by atoms with E-state index in [0.717, 1.165) is 32.9 Å². The summed E-state index contributed by atoms with van der Waals surface area (Å²) in [6, 6.07) is 22.2. The molecule has 0 atom stereocenters. The molecule has 6 rings (SSSR count). The van der Waals surface area contributed by atoms with E-state index in [0.29, 0.717) is 30.4 Å². The highest BCUT2D eigenvalue weighted by atomic mass is 16.5. The Balaban J connectivity index is 0.000000171. The molecule has 6 aromatic rings. The Kier molecular flexibility index (Phi) is 8.66. The van der Waals surface area contributed by atoms with Gasteiger partial charge in [0.1, 0.15) is 0 Å². The molecule has 0 aliphatic carbocycles. The van der Waals surface area contributed by atoms with Crippen molar-refractivity contribution >= 4 is 33.7 Å². The van der Waals surface area contributed by atoms with Crippen LogP contribution in [0.3, 0.4) is 0 Å². The summed E-state index contributed by atoms with van der Waals surface area (Å²) < 4.78 is 18.9. The van der Waals surface area contributed by atoms with E-state index in [1.807, 2.05) is 71.6 Å². The van der Waals surface area contributed by atoms with E-state index in [1.54, 1.807) is 44.8 Å². The summed E-state index contributed by atoms with van der Waals surface area (Å²) in [6.45, 7) is 1.30. The van der Waals surface area contributed by atoms with Crippen molar-refractivity contribution in [1.29, 1.82) is 0 Å². The number of ether oxygens (including phenoxy) is 3. The number of carbonyl (C=O) groups is 2. The van der Waals surface area contributed by atoms with Crippen LogP contribution in [0.5, 0.6) is 11.8 Å². The lowest BCUT2D eigenvalue weighted by Crippen LogP contribution is -2.03. The van der Waals surface area contributed by atoms with Gasteiger partial charge in [0.2, 0.25) is 11.8 Å². The molecule has 0 saturated carbocycles. The smallest absolute Gasteiger partial charge is 0.337 e. The van der Waals surface area contributed by atoms with Crippen LogP contribution >= 0.6 is 0 Å². The van der Waals surface area contributed by atoms with E-state index in [1.165, 1.54) is 7.11 Å². The standard InChI is InChI=1S/C17H16N2O3.C16H14N2O3/c1-21-16-6-3-12(10-18-16)11-19-8-7-13-4-5-14(9-15(13)19)17(20)22-2;1-21-15-5-2-11(9-17-15)10-18-7-6-12-3-4-13(16(19)20)8-14(12)18/h3-10H,11H2,1-2H3;2-9H,10H2,1H3,(H,19,20). The van der Waals surface area contributed by atoms with Crippen molar-refractivity contribution in [3.63, 3.8) is 0 Å². The normalized spacial score (nSPS) is 10.7. The minimum atomic E-state index is -0.921. The fraction of sp³-hybridized carbons (Fsp3) is 0.152. The summed E-state index contributed by atoms with van der Waals surface area (Å²) in [4.78, 5) is 31.1. The number of pyridine rings is 2. The molecule has 0 amide bonds. The SMILES string of the molecule is COC(=O)c1ccc2ccn(Cc3ccc(OC)nc3)c2c1.COc1ccc(Cn2ccc3ccc(C(=O)O)cc32)cn1. The quantitative estimate of drug-likeness (QED) is 0.230. The number of esters is 1. The molecule has 218 valence electrons. The Morgan fingerprint density at radius 3 is 1.58 bits per heavy atom. The van der Waals surface area contributed by atoms with Crippen LogP contribution in [0.25, 0.3) is 21.8 Å². The molecule has 0 aliphatic heterocycles. The number of methoxy groups -OCH3 is 3. The fourth-order valence-electron chi connectivity index (χ4n) is 4.67. The van der Waals surface area contributed by atoms with Crippen LogP contribution in [0, 0.1) is 0 Å². The molecule has 1 N–H and O–H groups in total. The first-order valence-corrected chi connectivity index (χ1v) is 13.4. The van der Waals surface area contributed by atoms with Gasteiger partial charge in [-0.05, 0) is 58.3 Å². The molecular formula is C33H30N4O6. The minimum absolute atomic E-state index is 0.287. The van der Waals surface area contributed by atoms with Crippen LogP contribution in [0.1, 0.15) is 31.8 Å². The lowest BCUT2D eigenvalue weighted by molar-refractivity contribution is 0.0600. The highest BCUT2D eigenvalue weighted by Gasteiger charge is 2.10. The highest BCUT2D eigenvalue weighted by Crippen LogP contribution is 2.21. The maximum Gasteiger partial charge on any atom is 0.337 e. The predicted octanol–water partition coefficient (Wildman–Crippen LogP) is 5.67. The Hall–Kier alpha value is -5.64. The van der Waals surface area contributed by atoms with Crippen LogP contribution in [0.4, 0.5) is 0 Å². The third kappa shape index (κ3) is 6.65. The lowest BCUT2D eigenvalue weighted by Gasteiger charge is -2.07. The molecule has 0 fully saturated rings. The molecule has 10 nitrogen and oxygen atoms in total. The largest absolute Gasteiger partial charge is 0.481 e. The first kappa shape index (κ1) is 28.9. The molecule has 4 heterocycles. The number of carboxylic acid groups (broad SMARTS) is 1. The molecule has 43 heavy (non-hydrogen) atoms. The Morgan fingerprint density at radius 2 is 1.16 bits per heavy atom. The van der Waals surface area contributed by atoms with E-state index >= 15 is 0 Å². The van der Waals surface area contributed by atoms with Crippen molar-refractivity contribution in [2.24, 2.45) is 0 Å². The Labute approximate surface area is 247 Å². The van der Waals surface area contributed by atoms with E-state index in [-0.39, 0.29) is 11.5 Å². The molecular weight excluding hydrogens is 548 g/mol. The number of carboxylic acids is 1. The zero-order chi connectivity index (χ0) is 30.3. The monoisotopic (exact) mass is 578 g/mol. The third-order valence-electron chi connectivity index (χ3n) is 6.94.